The zero-order valence-electron chi connectivity index (χ0n) is 9.34. The molecule has 0 aliphatic carbocycles. The first-order valence-electron chi connectivity index (χ1n) is 5.05. The van der Waals surface area contributed by atoms with Gasteiger partial charge in [0.15, 0.2) is 0 Å². The van der Waals surface area contributed by atoms with E-state index < -0.39 is 6.29 Å². The van der Waals surface area contributed by atoms with Crippen LogP contribution >= 0.6 is 11.3 Å². The molecule has 0 spiro atoms. The van der Waals surface area contributed by atoms with Gasteiger partial charge in [-0.05, 0) is 0 Å². The monoisotopic (exact) mass is 245 g/mol. The van der Waals surface area contributed by atoms with Crippen LogP contribution < -0.4 is 0 Å². The van der Waals surface area contributed by atoms with E-state index in [0.717, 1.165) is 10.7 Å². The van der Waals surface area contributed by atoms with Gasteiger partial charge in [-0.1, -0.05) is 0 Å². The van der Waals surface area contributed by atoms with Crippen molar-refractivity contribution in [2.45, 2.75) is 12.4 Å². The summed E-state index contributed by atoms with van der Waals surface area (Å²) in [7, 11) is 3.18. The molecule has 1 aliphatic rings. The lowest BCUT2D eigenvalue weighted by Crippen LogP contribution is -2.21. The van der Waals surface area contributed by atoms with E-state index in [1.54, 1.807) is 14.2 Å². The van der Waals surface area contributed by atoms with E-state index in [9.17, 15) is 0 Å². The Balaban J connectivity index is 2.05. The highest BCUT2D eigenvalue weighted by molar-refractivity contribution is 7.09. The summed E-state index contributed by atoms with van der Waals surface area (Å²) < 4.78 is 21.2. The van der Waals surface area contributed by atoms with E-state index >= 15 is 0 Å². The molecule has 1 aromatic rings. The smallest absolute Gasteiger partial charge is 0.201 e. The second-order valence-electron chi connectivity index (χ2n) is 3.35. The molecule has 0 amide bonds. The van der Waals surface area contributed by atoms with E-state index in [4.69, 9.17) is 18.9 Å². The molecule has 1 unspecified atom stereocenters. The van der Waals surface area contributed by atoms with Crippen LogP contribution in [0.5, 0.6) is 0 Å². The van der Waals surface area contributed by atoms with E-state index in [1.807, 2.05) is 5.38 Å². The first-order valence-corrected chi connectivity index (χ1v) is 5.93. The Morgan fingerprint density at radius 1 is 1.44 bits per heavy atom. The average molecular weight is 245 g/mol. The van der Waals surface area contributed by atoms with Crippen molar-refractivity contribution < 1.29 is 18.9 Å². The minimum atomic E-state index is -0.408. The summed E-state index contributed by atoms with van der Waals surface area (Å²) in [6.07, 6.45) is -0.462. The molecule has 2 rings (SSSR count). The predicted octanol–water partition coefficient (Wildman–Crippen LogP) is 1.52. The van der Waals surface area contributed by atoms with Crippen molar-refractivity contribution in [2.75, 3.05) is 34.0 Å². The molecular formula is C10H15NO4S. The van der Waals surface area contributed by atoms with Gasteiger partial charge < -0.3 is 18.9 Å². The molecule has 1 saturated heterocycles. The third-order valence-electron chi connectivity index (χ3n) is 2.30. The summed E-state index contributed by atoms with van der Waals surface area (Å²) in [4.78, 5) is 4.44. The quantitative estimate of drug-likeness (QED) is 0.753. The lowest BCUT2D eigenvalue weighted by atomic mass is 10.3. The van der Waals surface area contributed by atoms with Gasteiger partial charge in [0.25, 0.3) is 0 Å². The van der Waals surface area contributed by atoms with Crippen molar-refractivity contribution in [1.82, 2.24) is 4.98 Å². The molecule has 2 heterocycles. The van der Waals surface area contributed by atoms with E-state index in [0.29, 0.717) is 19.8 Å². The van der Waals surface area contributed by atoms with Crippen molar-refractivity contribution in [1.29, 1.82) is 0 Å². The normalized spacial score (nSPS) is 21.6. The van der Waals surface area contributed by atoms with E-state index in [-0.39, 0.29) is 6.10 Å². The number of hydrogen-bond donors (Lipinski definition) is 0. The van der Waals surface area contributed by atoms with Crippen LogP contribution in [0.15, 0.2) is 5.38 Å². The van der Waals surface area contributed by atoms with Crippen molar-refractivity contribution in [3.63, 3.8) is 0 Å². The standard InChI is InChI=1S/C10H15NO4S/c1-12-10(13-2)7-6-16-9(11-7)8-5-14-3-4-15-8/h6,8,10H,3-5H2,1-2H3. The lowest BCUT2D eigenvalue weighted by molar-refractivity contribution is -0.109. The fourth-order valence-electron chi connectivity index (χ4n) is 1.52. The summed E-state index contributed by atoms with van der Waals surface area (Å²) in [6, 6.07) is 0. The fourth-order valence-corrected chi connectivity index (χ4v) is 2.38. The topological polar surface area (TPSA) is 49.8 Å². The van der Waals surface area contributed by atoms with Crippen LogP contribution in [-0.4, -0.2) is 39.0 Å². The van der Waals surface area contributed by atoms with Crippen LogP contribution in [0.4, 0.5) is 0 Å². The first-order chi connectivity index (χ1) is 7.85. The third kappa shape index (κ3) is 2.58. The lowest BCUT2D eigenvalue weighted by Gasteiger charge is -2.20. The van der Waals surface area contributed by atoms with Gasteiger partial charge in [-0.25, -0.2) is 4.98 Å². The van der Waals surface area contributed by atoms with Gasteiger partial charge in [0.2, 0.25) is 6.29 Å². The summed E-state index contributed by atoms with van der Waals surface area (Å²) in [5.74, 6) is 0. The molecule has 1 atom stereocenters. The number of methoxy groups -OCH3 is 2. The summed E-state index contributed by atoms with van der Waals surface area (Å²) in [5.41, 5.74) is 0.777. The van der Waals surface area contributed by atoms with Crippen LogP contribution in [-0.2, 0) is 18.9 Å². The number of rotatable bonds is 4. The highest BCUT2D eigenvalue weighted by atomic mass is 32.1. The number of thiazole rings is 1. The molecule has 0 bridgehead atoms. The Morgan fingerprint density at radius 3 is 2.88 bits per heavy atom. The highest BCUT2D eigenvalue weighted by Gasteiger charge is 2.22. The van der Waals surface area contributed by atoms with Crippen LogP contribution in [0.3, 0.4) is 0 Å². The molecule has 6 heteroatoms. The van der Waals surface area contributed by atoms with Gasteiger partial charge in [-0.3, -0.25) is 0 Å². The minimum Gasteiger partial charge on any atom is -0.376 e. The fraction of sp³-hybridized carbons (Fsp3) is 0.700. The number of nitrogens with zero attached hydrogens (tertiary/aromatic N) is 1. The maximum atomic E-state index is 5.57. The van der Waals surface area contributed by atoms with Gasteiger partial charge in [-0.2, -0.15) is 0 Å². The van der Waals surface area contributed by atoms with Gasteiger partial charge in [0, 0.05) is 19.6 Å². The Hall–Kier alpha value is -0.530. The van der Waals surface area contributed by atoms with Crippen LogP contribution in [0, 0.1) is 0 Å². The molecule has 90 valence electrons. The Bertz CT molecular complexity index is 320. The SMILES string of the molecule is COC(OC)c1csc(C2COCCO2)n1. The molecule has 16 heavy (non-hydrogen) atoms. The van der Waals surface area contributed by atoms with Gasteiger partial charge in [0.1, 0.15) is 16.8 Å². The van der Waals surface area contributed by atoms with Crippen molar-refractivity contribution in [3.8, 4) is 0 Å². The highest BCUT2D eigenvalue weighted by Crippen LogP contribution is 2.27. The van der Waals surface area contributed by atoms with Crippen LogP contribution in [0.25, 0.3) is 0 Å². The van der Waals surface area contributed by atoms with Crippen molar-refractivity contribution >= 4 is 11.3 Å². The molecule has 0 saturated carbocycles. The third-order valence-corrected chi connectivity index (χ3v) is 3.26. The van der Waals surface area contributed by atoms with Gasteiger partial charge in [0.05, 0.1) is 19.8 Å². The average Bonchev–Trinajstić information content (AvgIpc) is 2.81. The Kier molecular flexibility index (Phi) is 4.25. The van der Waals surface area contributed by atoms with Crippen LogP contribution in [0.2, 0.25) is 0 Å². The number of ether oxygens (including phenoxy) is 4. The van der Waals surface area contributed by atoms with Gasteiger partial charge >= 0.3 is 0 Å². The zero-order chi connectivity index (χ0) is 11.4. The van der Waals surface area contributed by atoms with E-state index in [1.165, 1.54) is 11.3 Å². The maximum absolute atomic E-state index is 5.57. The second kappa shape index (κ2) is 5.70. The maximum Gasteiger partial charge on any atom is 0.201 e. The summed E-state index contributed by atoms with van der Waals surface area (Å²) >= 11 is 1.54. The molecule has 1 aliphatic heterocycles. The van der Waals surface area contributed by atoms with Gasteiger partial charge in [-0.15, -0.1) is 11.3 Å². The number of aromatic nitrogens is 1. The number of hydrogen-bond acceptors (Lipinski definition) is 6. The largest absolute Gasteiger partial charge is 0.376 e. The summed E-state index contributed by atoms with van der Waals surface area (Å²) in [6.45, 7) is 1.85. The Labute approximate surface area is 98.3 Å². The molecular weight excluding hydrogens is 230 g/mol. The summed E-state index contributed by atoms with van der Waals surface area (Å²) in [5, 5.41) is 2.83. The van der Waals surface area contributed by atoms with Crippen molar-refractivity contribution in [2.24, 2.45) is 0 Å². The Morgan fingerprint density at radius 2 is 2.25 bits per heavy atom. The van der Waals surface area contributed by atoms with Crippen LogP contribution in [0.1, 0.15) is 23.1 Å². The second-order valence-corrected chi connectivity index (χ2v) is 4.24. The predicted molar refractivity (Wildman–Crippen MR) is 58.4 cm³/mol. The molecule has 1 fully saturated rings. The molecule has 1 aromatic heterocycles. The van der Waals surface area contributed by atoms with Crippen molar-refractivity contribution in [3.05, 3.63) is 16.1 Å². The first kappa shape index (κ1) is 11.9. The molecule has 5 nitrogen and oxygen atoms in total. The molecule has 0 N–H and O–H groups in total. The molecule has 0 aromatic carbocycles. The van der Waals surface area contributed by atoms with E-state index in [2.05, 4.69) is 4.98 Å². The molecule has 0 radical (unpaired) electrons. The zero-order valence-corrected chi connectivity index (χ0v) is 10.2. The minimum absolute atomic E-state index is 0.0538.